The second-order valence-electron chi connectivity index (χ2n) is 8.26. The molecule has 0 radical (unpaired) electrons. The lowest BCUT2D eigenvalue weighted by Gasteiger charge is -2.19. The van der Waals surface area contributed by atoms with Gasteiger partial charge in [0.05, 0.1) is 41.5 Å². The highest BCUT2D eigenvalue weighted by molar-refractivity contribution is 8.18. The van der Waals surface area contributed by atoms with Crippen LogP contribution < -0.4 is 9.47 Å². The van der Waals surface area contributed by atoms with Gasteiger partial charge in [0.1, 0.15) is 0 Å². The van der Waals surface area contributed by atoms with Crippen molar-refractivity contribution < 1.29 is 19.0 Å². The summed E-state index contributed by atoms with van der Waals surface area (Å²) in [5.41, 5.74) is 1.56. The monoisotopic (exact) mass is 500 g/mol. The van der Waals surface area contributed by atoms with E-state index in [0.717, 1.165) is 37.1 Å². The molecule has 180 valence electrons. The van der Waals surface area contributed by atoms with Crippen molar-refractivity contribution in [2.45, 2.75) is 45.3 Å². The number of para-hydroxylation sites is 1. The van der Waals surface area contributed by atoms with Crippen LogP contribution in [-0.2, 0) is 9.53 Å². The van der Waals surface area contributed by atoms with Crippen LogP contribution in [0.15, 0.2) is 52.4 Å². The largest absolute Gasteiger partial charge is 0.493 e. The summed E-state index contributed by atoms with van der Waals surface area (Å²) in [4.78, 5) is 20.4. The van der Waals surface area contributed by atoms with Gasteiger partial charge < -0.3 is 14.2 Å². The molecule has 0 bridgehead atoms. The molecule has 1 amide bonds. The number of carbonyl (C=O) groups excluding carboxylic acids is 1. The Labute approximate surface area is 209 Å². The third kappa shape index (κ3) is 5.77. The van der Waals surface area contributed by atoms with Crippen LogP contribution in [0, 0.1) is 0 Å². The molecule has 4 rings (SSSR count). The average molecular weight is 501 g/mol. The zero-order chi connectivity index (χ0) is 24.1. The number of hydrogen-bond donors (Lipinski definition) is 0. The topological polar surface area (TPSA) is 60.4 Å². The fraction of sp³-hybridized carbons (Fsp3) is 0.385. The Morgan fingerprint density at radius 1 is 1.32 bits per heavy atom. The molecule has 0 aliphatic carbocycles. The molecule has 2 aromatic carbocycles. The van der Waals surface area contributed by atoms with E-state index in [0.29, 0.717) is 33.1 Å². The van der Waals surface area contributed by atoms with Gasteiger partial charge in [0.25, 0.3) is 5.91 Å². The molecular formula is C26H29ClN2O4S. The molecule has 0 spiro atoms. The quantitative estimate of drug-likeness (QED) is 0.397. The molecule has 2 aromatic rings. The molecule has 0 saturated carbocycles. The van der Waals surface area contributed by atoms with Crippen LogP contribution in [0.3, 0.4) is 0 Å². The summed E-state index contributed by atoms with van der Waals surface area (Å²) in [5.74, 6) is 0.951. The lowest BCUT2D eigenvalue weighted by Crippen LogP contribution is -2.36. The van der Waals surface area contributed by atoms with E-state index in [-0.39, 0.29) is 18.1 Å². The molecule has 6 nitrogen and oxygen atoms in total. The number of thioether (sulfide) groups is 1. The highest BCUT2D eigenvalue weighted by Gasteiger charge is 2.36. The molecule has 2 atom stereocenters. The summed E-state index contributed by atoms with van der Waals surface area (Å²) in [6.45, 7) is 5.25. The minimum atomic E-state index is -0.0924. The number of methoxy groups -OCH3 is 1. The van der Waals surface area contributed by atoms with E-state index >= 15 is 0 Å². The van der Waals surface area contributed by atoms with Gasteiger partial charge in [-0.05, 0) is 73.9 Å². The van der Waals surface area contributed by atoms with Gasteiger partial charge in [-0.1, -0.05) is 36.7 Å². The first kappa shape index (κ1) is 24.6. The number of carbonyl (C=O) groups is 1. The van der Waals surface area contributed by atoms with Crippen LogP contribution in [-0.4, -0.2) is 48.4 Å². The fourth-order valence-corrected chi connectivity index (χ4v) is 5.00. The van der Waals surface area contributed by atoms with Crippen molar-refractivity contribution >= 4 is 46.2 Å². The van der Waals surface area contributed by atoms with E-state index in [1.54, 1.807) is 18.1 Å². The number of aliphatic imine (C=N–C) groups is 1. The third-order valence-corrected chi connectivity index (χ3v) is 7.01. The van der Waals surface area contributed by atoms with Crippen molar-refractivity contribution in [3.05, 3.63) is 58.0 Å². The van der Waals surface area contributed by atoms with Crippen LogP contribution in [0.2, 0.25) is 5.02 Å². The summed E-state index contributed by atoms with van der Waals surface area (Å²) in [5, 5.41) is 1.09. The Balaban J connectivity index is 1.65. The van der Waals surface area contributed by atoms with Crippen molar-refractivity contribution in [2.24, 2.45) is 4.99 Å². The van der Waals surface area contributed by atoms with Crippen molar-refractivity contribution in [2.75, 3.05) is 20.3 Å². The smallest absolute Gasteiger partial charge is 0.266 e. The van der Waals surface area contributed by atoms with Gasteiger partial charge in [-0.15, -0.1) is 0 Å². The van der Waals surface area contributed by atoms with Crippen LogP contribution >= 0.6 is 23.4 Å². The Morgan fingerprint density at radius 3 is 2.79 bits per heavy atom. The first-order chi connectivity index (χ1) is 16.5. The van der Waals surface area contributed by atoms with Gasteiger partial charge in [0.2, 0.25) is 0 Å². The van der Waals surface area contributed by atoms with Crippen LogP contribution in [0.25, 0.3) is 6.08 Å². The highest BCUT2D eigenvalue weighted by Crippen LogP contribution is 2.40. The van der Waals surface area contributed by atoms with Gasteiger partial charge in [-0.2, -0.15) is 0 Å². The summed E-state index contributed by atoms with van der Waals surface area (Å²) in [7, 11) is 1.58. The SMILES string of the molecule is CC[C@@H](C)Oc1c(Cl)cc(/C=C2\SC(=Nc3ccccc3)N(C[C@@H]3CCCO3)C2=O)cc1OC. The maximum absolute atomic E-state index is 13.4. The van der Waals surface area contributed by atoms with Crippen molar-refractivity contribution in [1.29, 1.82) is 0 Å². The number of amidine groups is 1. The predicted octanol–water partition coefficient (Wildman–Crippen LogP) is 6.31. The number of hydrogen-bond acceptors (Lipinski definition) is 6. The molecule has 2 fully saturated rings. The number of amides is 1. The molecule has 2 heterocycles. The lowest BCUT2D eigenvalue weighted by atomic mass is 10.1. The fourth-order valence-electron chi connectivity index (χ4n) is 3.73. The maximum atomic E-state index is 13.4. The zero-order valence-electron chi connectivity index (χ0n) is 19.6. The predicted molar refractivity (Wildman–Crippen MR) is 138 cm³/mol. The molecule has 8 heteroatoms. The van der Waals surface area contributed by atoms with E-state index in [1.807, 2.05) is 56.3 Å². The standard InChI is InChI=1S/C26H29ClN2O4S/c1-4-17(2)33-24-21(27)13-18(14-22(24)31-3)15-23-25(30)29(16-20-11-8-12-32-20)26(34-23)28-19-9-6-5-7-10-19/h5-7,9-10,13-15,17,20H,4,8,11-12,16H2,1-3H3/b23-15-,28-26?/t17-,20+/m1/s1. The Morgan fingerprint density at radius 2 is 2.12 bits per heavy atom. The first-order valence-electron chi connectivity index (χ1n) is 11.5. The van der Waals surface area contributed by atoms with Crippen LogP contribution in [0.1, 0.15) is 38.7 Å². The minimum Gasteiger partial charge on any atom is -0.493 e. The summed E-state index contributed by atoms with van der Waals surface area (Å²) in [6, 6.07) is 13.3. The first-order valence-corrected chi connectivity index (χ1v) is 12.7. The van der Waals surface area contributed by atoms with Gasteiger partial charge in [0, 0.05) is 6.61 Å². The van der Waals surface area contributed by atoms with Gasteiger partial charge in [-0.25, -0.2) is 4.99 Å². The normalized spacial score (nSPS) is 21.5. The number of ether oxygens (including phenoxy) is 3. The maximum Gasteiger partial charge on any atom is 0.266 e. The van der Waals surface area contributed by atoms with Gasteiger partial charge >= 0.3 is 0 Å². The van der Waals surface area contributed by atoms with E-state index in [4.69, 9.17) is 30.8 Å². The Bertz CT molecular complexity index is 1080. The highest BCUT2D eigenvalue weighted by atomic mass is 35.5. The molecule has 0 N–H and O–H groups in total. The minimum absolute atomic E-state index is 0.00527. The molecule has 0 aromatic heterocycles. The summed E-state index contributed by atoms with van der Waals surface area (Å²) in [6.07, 6.45) is 4.65. The number of halogens is 1. The summed E-state index contributed by atoms with van der Waals surface area (Å²) >= 11 is 7.89. The Hall–Kier alpha value is -2.48. The van der Waals surface area contributed by atoms with Crippen LogP contribution in [0.4, 0.5) is 5.69 Å². The van der Waals surface area contributed by atoms with E-state index in [2.05, 4.69) is 0 Å². The van der Waals surface area contributed by atoms with Crippen molar-refractivity contribution in [1.82, 2.24) is 4.90 Å². The molecular weight excluding hydrogens is 472 g/mol. The summed E-state index contributed by atoms with van der Waals surface area (Å²) < 4.78 is 17.3. The van der Waals surface area contributed by atoms with Gasteiger partial charge in [-0.3, -0.25) is 9.69 Å². The molecule has 2 saturated heterocycles. The number of benzene rings is 2. The van der Waals surface area contributed by atoms with Crippen molar-refractivity contribution in [3.8, 4) is 11.5 Å². The van der Waals surface area contributed by atoms with Crippen molar-refractivity contribution in [3.63, 3.8) is 0 Å². The number of rotatable bonds is 8. The molecule has 34 heavy (non-hydrogen) atoms. The van der Waals surface area contributed by atoms with E-state index < -0.39 is 0 Å². The molecule has 2 aliphatic rings. The molecule has 0 unspecified atom stereocenters. The number of nitrogens with zero attached hydrogens (tertiary/aromatic N) is 2. The van der Waals surface area contributed by atoms with Crippen LogP contribution in [0.5, 0.6) is 11.5 Å². The third-order valence-electron chi connectivity index (χ3n) is 5.72. The second-order valence-corrected chi connectivity index (χ2v) is 9.68. The van der Waals surface area contributed by atoms with E-state index in [9.17, 15) is 4.79 Å². The average Bonchev–Trinajstić information content (AvgIpc) is 3.45. The second kappa shape index (κ2) is 11.3. The van der Waals surface area contributed by atoms with Gasteiger partial charge in [0.15, 0.2) is 16.7 Å². The van der Waals surface area contributed by atoms with E-state index in [1.165, 1.54) is 11.8 Å². The zero-order valence-corrected chi connectivity index (χ0v) is 21.2. The molecule has 2 aliphatic heterocycles. The lowest BCUT2D eigenvalue weighted by molar-refractivity contribution is -0.123. The Kier molecular flexibility index (Phi) is 8.19.